The van der Waals surface area contributed by atoms with Crippen molar-refractivity contribution in [3.63, 3.8) is 0 Å². The molecule has 0 N–H and O–H groups in total. The Balaban J connectivity index is 2.65. The minimum Gasteiger partial charge on any atom is -0.0654 e. The monoisotopic (exact) mass is 179 g/mol. The van der Waals surface area contributed by atoms with Crippen LogP contribution in [0, 0.1) is 0 Å². The standard InChI is InChI=1S/C8H20P2/c1-3-5-7-9-10-8-6-4-2/h9-10H,3-8H2,1-2H3/p+1. The van der Waals surface area contributed by atoms with Crippen LogP contribution < -0.4 is 0 Å². The van der Waals surface area contributed by atoms with Gasteiger partial charge in [-0.1, -0.05) is 26.7 Å². The Bertz CT molecular complexity index is 47.2. The highest BCUT2D eigenvalue weighted by atomic mass is 32.0. The first-order valence-corrected chi connectivity index (χ1v) is 8.30. The summed E-state index contributed by atoms with van der Waals surface area (Å²) in [5.74, 6) is 0. The van der Waals surface area contributed by atoms with Crippen molar-refractivity contribution in [1.29, 1.82) is 0 Å². The molecule has 0 bridgehead atoms. The van der Waals surface area contributed by atoms with Crippen LogP contribution >= 0.6 is 16.5 Å². The van der Waals surface area contributed by atoms with Crippen molar-refractivity contribution in [1.82, 2.24) is 0 Å². The van der Waals surface area contributed by atoms with Gasteiger partial charge >= 0.3 is 0 Å². The van der Waals surface area contributed by atoms with E-state index in [9.17, 15) is 0 Å². The minimum atomic E-state index is 0.842. The molecule has 0 amide bonds. The van der Waals surface area contributed by atoms with Crippen molar-refractivity contribution in [2.24, 2.45) is 0 Å². The Morgan fingerprint density at radius 2 is 1.80 bits per heavy atom. The number of hydrogen-bond donors (Lipinski definition) is 0. The number of unbranched alkanes of at least 4 members (excludes halogenated alkanes) is 2. The van der Waals surface area contributed by atoms with Gasteiger partial charge in [0.05, 0.1) is 6.16 Å². The first-order valence-electron chi connectivity index (χ1n) is 4.46. The van der Waals surface area contributed by atoms with E-state index in [2.05, 4.69) is 13.8 Å². The van der Waals surface area contributed by atoms with Crippen LogP contribution in [-0.4, -0.2) is 12.3 Å². The molecule has 0 aromatic carbocycles. The Morgan fingerprint density at radius 1 is 1.10 bits per heavy atom. The SMILES string of the molecule is CCCCP[PH2+]CCCC. The molecule has 0 nitrogen and oxygen atoms in total. The third-order valence-electron chi connectivity index (χ3n) is 1.52. The second-order valence-corrected chi connectivity index (χ2v) is 7.00. The average Bonchev–Trinajstić information content (AvgIpc) is 1.97. The molecule has 2 unspecified atom stereocenters. The number of hydrogen-bond acceptors (Lipinski definition) is 0. The first-order chi connectivity index (χ1) is 4.91. The molecule has 0 saturated carbocycles. The van der Waals surface area contributed by atoms with Crippen LogP contribution in [0.3, 0.4) is 0 Å². The molecule has 0 aliphatic carbocycles. The van der Waals surface area contributed by atoms with Gasteiger partial charge in [0.15, 0.2) is 0 Å². The summed E-state index contributed by atoms with van der Waals surface area (Å²) in [6.45, 7) is 4.57. The normalized spacial score (nSPS) is 12.6. The van der Waals surface area contributed by atoms with Crippen molar-refractivity contribution < 1.29 is 0 Å². The Morgan fingerprint density at radius 3 is 2.40 bits per heavy atom. The van der Waals surface area contributed by atoms with E-state index >= 15 is 0 Å². The van der Waals surface area contributed by atoms with E-state index in [1.165, 1.54) is 40.1 Å². The molecule has 0 heterocycles. The summed E-state index contributed by atoms with van der Waals surface area (Å²) < 4.78 is 0. The minimum absolute atomic E-state index is 0.842. The maximum Gasteiger partial charge on any atom is 0.0569 e. The molecule has 10 heavy (non-hydrogen) atoms. The Labute approximate surface area is 69.0 Å². The van der Waals surface area contributed by atoms with Crippen LogP contribution in [0.4, 0.5) is 0 Å². The maximum absolute atomic E-state index is 2.29. The zero-order valence-corrected chi connectivity index (χ0v) is 9.47. The van der Waals surface area contributed by atoms with Crippen molar-refractivity contribution >= 4 is 16.5 Å². The van der Waals surface area contributed by atoms with Crippen molar-refractivity contribution in [2.45, 2.75) is 39.5 Å². The van der Waals surface area contributed by atoms with E-state index in [4.69, 9.17) is 0 Å². The molecular weight excluding hydrogens is 158 g/mol. The van der Waals surface area contributed by atoms with Gasteiger partial charge in [-0.2, -0.15) is 0 Å². The summed E-state index contributed by atoms with van der Waals surface area (Å²) in [4.78, 5) is 0. The van der Waals surface area contributed by atoms with Gasteiger partial charge in [-0.25, -0.2) is 0 Å². The average molecular weight is 179 g/mol. The quantitative estimate of drug-likeness (QED) is 0.414. The van der Waals surface area contributed by atoms with Crippen molar-refractivity contribution in [3.8, 4) is 0 Å². The molecular formula is C8H21P2+. The van der Waals surface area contributed by atoms with Gasteiger partial charge < -0.3 is 0 Å². The van der Waals surface area contributed by atoms with Gasteiger partial charge in [-0.3, -0.25) is 0 Å². The lowest BCUT2D eigenvalue weighted by atomic mass is 10.4. The van der Waals surface area contributed by atoms with Crippen LogP contribution in [0.5, 0.6) is 0 Å². The van der Waals surface area contributed by atoms with E-state index in [1.807, 2.05) is 0 Å². The fraction of sp³-hybridized carbons (Fsp3) is 1.00. The van der Waals surface area contributed by atoms with E-state index in [-0.39, 0.29) is 0 Å². The number of rotatable bonds is 7. The Kier molecular flexibility index (Phi) is 10.7. The van der Waals surface area contributed by atoms with Crippen LogP contribution in [0.2, 0.25) is 0 Å². The van der Waals surface area contributed by atoms with Gasteiger partial charge in [-0.15, -0.1) is 0 Å². The molecule has 0 fully saturated rings. The predicted molar refractivity (Wildman–Crippen MR) is 57.6 cm³/mol. The zero-order chi connectivity index (χ0) is 7.66. The van der Waals surface area contributed by atoms with Crippen LogP contribution in [0.1, 0.15) is 39.5 Å². The third kappa shape index (κ3) is 8.86. The molecule has 0 saturated heterocycles. The van der Waals surface area contributed by atoms with E-state index in [1.54, 1.807) is 6.16 Å². The van der Waals surface area contributed by atoms with Crippen molar-refractivity contribution in [2.75, 3.05) is 12.3 Å². The van der Waals surface area contributed by atoms with E-state index in [0.29, 0.717) is 0 Å². The van der Waals surface area contributed by atoms with Gasteiger partial charge in [0, 0.05) is 16.5 Å². The molecule has 0 aromatic rings. The molecule has 2 atom stereocenters. The summed E-state index contributed by atoms with van der Waals surface area (Å²) in [5.41, 5.74) is 0. The highest BCUT2D eigenvalue weighted by molar-refractivity contribution is 8.11. The summed E-state index contributed by atoms with van der Waals surface area (Å²) >= 11 is 0. The highest BCUT2D eigenvalue weighted by Gasteiger charge is 1.93. The Hall–Kier alpha value is 0.860. The topological polar surface area (TPSA) is 0 Å². The third-order valence-corrected chi connectivity index (χ3v) is 5.75. The molecule has 2 heteroatoms. The second-order valence-electron chi connectivity index (χ2n) is 2.65. The zero-order valence-electron chi connectivity index (χ0n) is 7.32. The van der Waals surface area contributed by atoms with Crippen molar-refractivity contribution in [3.05, 3.63) is 0 Å². The summed E-state index contributed by atoms with van der Waals surface area (Å²) in [5, 5.41) is 0. The maximum atomic E-state index is 2.29. The molecule has 0 spiro atoms. The van der Waals surface area contributed by atoms with Gasteiger partial charge in [0.25, 0.3) is 0 Å². The van der Waals surface area contributed by atoms with E-state index in [0.717, 1.165) is 8.27 Å². The fourth-order valence-corrected chi connectivity index (χ4v) is 4.82. The van der Waals surface area contributed by atoms with Gasteiger partial charge in [0.2, 0.25) is 0 Å². The smallest absolute Gasteiger partial charge is 0.0569 e. The molecule has 62 valence electrons. The molecule has 0 aliphatic heterocycles. The summed E-state index contributed by atoms with van der Waals surface area (Å²) in [7, 11) is 2.17. The lowest BCUT2D eigenvalue weighted by Gasteiger charge is -1.92. The van der Waals surface area contributed by atoms with Gasteiger partial charge in [-0.05, 0) is 19.0 Å². The largest absolute Gasteiger partial charge is 0.0654 e. The predicted octanol–water partition coefficient (Wildman–Crippen LogP) is 3.59. The molecule has 0 radical (unpaired) electrons. The second kappa shape index (κ2) is 9.86. The lowest BCUT2D eigenvalue weighted by molar-refractivity contribution is 0.892. The van der Waals surface area contributed by atoms with Crippen LogP contribution in [0.15, 0.2) is 0 Å². The fourth-order valence-electron chi connectivity index (χ4n) is 0.789. The van der Waals surface area contributed by atoms with E-state index < -0.39 is 0 Å². The summed E-state index contributed by atoms with van der Waals surface area (Å²) in [6.07, 6.45) is 8.81. The molecule has 0 aromatic heterocycles. The highest BCUT2D eigenvalue weighted by Crippen LogP contribution is 2.37. The first kappa shape index (κ1) is 10.9. The lowest BCUT2D eigenvalue weighted by Crippen LogP contribution is -1.72. The van der Waals surface area contributed by atoms with Crippen LogP contribution in [-0.2, 0) is 0 Å². The van der Waals surface area contributed by atoms with Crippen LogP contribution in [0.25, 0.3) is 0 Å². The summed E-state index contributed by atoms with van der Waals surface area (Å²) in [6, 6.07) is 0. The molecule has 0 rings (SSSR count). The molecule has 0 aliphatic rings. The van der Waals surface area contributed by atoms with Gasteiger partial charge in [0.1, 0.15) is 0 Å².